The summed E-state index contributed by atoms with van der Waals surface area (Å²) < 4.78 is 19.5. The fourth-order valence-electron chi connectivity index (χ4n) is 7.88. The fraction of sp³-hybridized carbons (Fsp3) is 0.314. The lowest BCUT2D eigenvalue weighted by molar-refractivity contribution is -0.140. The number of amides is 4. The molecule has 13 heteroatoms. The number of methoxy groups -OCH3 is 1. The Morgan fingerprint density at radius 1 is 0.958 bits per heavy atom. The van der Waals surface area contributed by atoms with Crippen LogP contribution in [0.5, 0.6) is 17.2 Å². The van der Waals surface area contributed by atoms with Crippen molar-refractivity contribution in [1.82, 2.24) is 4.90 Å². The van der Waals surface area contributed by atoms with Crippen LogP contribution in [0.2, 0.25) is 0 Å². The van der Waals surface area contributed by atoms with Crippen molar-refractivity contribution in [3.05, 3.63) is 93.7 Å². The third-order valence-corrected chi connectivity index (χ3v) is 12.2. The van der Waals surface area contributed by atoms with Crippen LogP contribution >= 0.6 is 39.1 Å². The van der Waals surface area contributed by atoms with Gasteiger partial charge in [0.15, 0.2) is 21.2 Å². The molecule has 3 fully saturated rings. The Morgan fingerprint density at radius 3 is 2.31 bits per heavy atom. The van der Waals surface area contributed by atoms with Gasteiger partial charge in [0.05, 0.1) is 29.1 Å². The zero-order valence-electron chi connectivity index (χ0n) is 25.3. The van der Waals surface area contributed by atoms with Gasteiger partial charge in [0.2, 0.25) is 11.8 Å². The molecule has 2 saturated heterocycles. The average molecular weight is 758 g/mol. The first-order valence-electron chi connectivity index (χ1n) is 15.2. The standard InChI is InChI=1S/C35H28BrCl2FN2O7/c1-48-26-15-18(14-25(36)29(26)43)28-22-10-11-23-27(31(45)40(30(23)44)13-12-17-2-8-21(42)9-3-17)24(22)16-34(37)32(46)41(33(47)35(28,34)38)20-6-4-19(39)5-7-20/h2-10,14-15,23-24,27-28,42-43H,11-13,16H2,1H3/t23-,24+,27-,28-,34+,35-/m0/s1. The van der Waals surface area contributed by atoms with Crippen LogP contribution < -0.4 is 9.64 Å². The minimum absolute atomic E-state index is 0.0657. The maximum atomic E-state index is 14.5. The lowest BCUT2D eigenvalue weighted by atomic mass is 9.56. The van der Waals surface area contributed by atoms with Crippen molar-refractivity contribution >= 4 is 68.4 Å². The summed E-state index contributed by atoms with van der Waals surface area (Å²) in [6.45, 7) is 0.115. The molecule has 248 valence electrons. The predicted molar refractivity (Wildman–Crippen MR) is 177 cm³/mol. The molecule has 1 saturated carbocycles. The normalized spacial score (nSPS) is 29.5. The van der Waals surface area contributed by atoms with Crippen molar-refractivity contribution in [1.29, 1.82) is 0 Å². The number of carbonyl (C=O) groups is 4. The molecule has 2 heterocycles. The van der Waals surface area contributed by atoms with Crippen LogP contribution in [-0.2, 0) is 25.6 Å². The molecule has 2 N–H and O–H groups in total. The van der Waals surface area contributed by atoms with Crippen LogP contribution in [-0.4, -0.2) is 62.1 Å². The molecule has 7 rings (SSSR count). The maximum Gasteiger partial charge on any atom is 0.258 e. The lowest BCUT2D eigenvalue weighted by Crippen LogP contribution is -2.60. The number of alkyl halides is 2. The van der Waals surface area contributed by atoms with Crippen LogP contribution in [0.15, 0.2) is 76.8 Å². The van der Waals surface area contributed by atoms with Crippen LogP contribution in [0.3, 0.4) is 0 Å². The molecule has 0 bridgehead atoms. The molecule has 3 aromatic rings. The number of fused-ring (bicyclic) bond motifs is 4. The minimum Gasteiger partial charge on any atom is -0.508 e. The average Bonchev–Trinajstić information content (AvgIpc) is 3.39. The number of rotatable bonds is 6. The van der Waals surface area contributed by atoms with Gasteiger partial charge in [0.1, 0.15) is 11.6 Å². The first kappa shape index (κ1) is 32.6. The maximum absolute atomic E-state index is 14.5. The van der Waals surface area contributed by atoms with Gasteiger partial charge in [-0.1, -0.05) is 23.8 Å². The quantitative estimate of drug-likeness (QED) is 0.185. The molecule has 0 spiro atoms. The molecule has 2 aliphatic heterocycles. The molecule has 2 aliphatic carbocycles. The van der Waals surface area contributed by atoms with Crippen molar-refractivity contribution in [2.45, 2.75) is 34.9 Å². The molecule has 6 atom stereocenters. The molecule has 4 aliphatic rings. The van der Waals surface area contributed by atoms with Gasteiger partial charge in [-0.2, -0.15) is 0 Å². The van der Waals surface area contributed by atoms with E-state index in [-0.39, 0.29) is 52.7 Å². The Bertz CT molecular complexity index is 1920. The largest absolute Gasteiger partial charge is 0.508 e. The molecular formula is C35H28BrCl2FN2O7. The first-order valence-corrected chi connectivity index (χ1v) is 16.8. The summed E-state index contributed by atoms with van der Waals surface area (Å²) in [6, 6.07) is 14.4. The summed E-state index contributed by atoms with van der Waals surface area (Å²) in [5.74, 6) is -6.43. The number of likely N-dealkylation sites (tertiary alicyclic amines) is 1. The number of hydrogen-bond acceptors (Lipinski definition) is 7. The van der Waals surface area contributed by atoms with Crippen molar-refractivity contribution < 1.29 is 38.5 Å². The molecule has 0 aromatic heterocycles. The minimum atomic E-state index is -2.12. The van der Waals surface area contributed by atoms with Gasteiger partial charge in [-0.3, -0.25) is 24.1 Å². The molecule has 0 radical (unpaired) electrons. The van der Waals surface area contributed by atoms with E-state index in [1.54, 1.807) is 18.2 Å². The Labute approximate surface area is 293 Å². The van der Waals surface area contributed by atoms with Gasteiger partial charge in [-0.15, -0.1) is 23.2 Å². The Hall–Kier alpha value is -3.93. The number of nitrogens with zero attached hydrogens (tertiary/aromatic N) is 2. The first-order chi connectivity index (χ1) is 22.8. The summed E-state index contributed by atoms with van der Waals surface area (Å²) >= 11 is 18.1. The van der Waals surface area contributed by atoms with E-state index < -0.39 is 57.0 Å². The van der Waals surface area contributed by atoms with Crippen molar-refractivity contribution in [3.63, 3.8) is 0 Å². The number of imide groups is 2. The third-order valence-electron chi connectivity index (χ3n) is 10.2. The van der Waals surface area contributed by atoms with Crippen LogP contribution in [0.4, 0.5) is 10.1 Å². The third kappa shape index (κ3) is 4.61. The Morgan fingerprint density at radius 2 is 1.65 bits per heavy atom. The highest BCUT2D eigenvalue weighted by Crippen LogP contribution is 2.66. The predicted octanol–water partition coefficient (Wildman–Crippen LogP) is 5.81. The highest BCUT2D eigenvalue weighted by atomic mass is 79.9. The van der Waals surface area contributed by atoms with Crippen LogP contribution in [0.1, 0.15) is 29.9 Å². The number of carbonyl (C=O) groups excluding carboxylic acids is 4. The summed E-state index contributed by atoms with van der Waals surface area (Å²) in [5, 5.41) is 20.3. The summed E-state index contributed by atoms with van der Waals surface area (Å²) in [4.78, 5) is 54.6. The van der Waals surface area contributed by atoms with E-state index in [4.69, 9.17) is 27.9 Å². The summed E-state index contributed by atoms with van der Waals surface area (Å²) in [7, 11) is 1.36. The number of benzene rings is 3. The smallest absolute Gasteiger partial charge is 0.258 e. The fourth-order valence-corrected chi connectivity index (χ4v) is 9.27. The van der Waals surface area contributed by atoms with Gasteiger partial charge in [-0.25, -0.2) is 9.29 Å². The van der Waals surface area contributed by atoms with E-state index in [2.05, 4.69) is 15.9 Å². The molecule has 9 nitrogen and oxygen atoms in total. The van der Waals surface area contributed by atoms with Gasteiger partial charge in [0.25, 0.3) is 11.8 Å². The second-order valence-electron chi connectivity index (χ2n) is 12.5. The van der Waals surface area contributed by atoms with E-state index in [1.807, 2.05) is 6.08 Å². The van der Waals surface area contributed by atoms with Gasteiger partial charge >= 0.3 is 0 Å². The van der Waals surface area contributed by atoms with E-state index >= 15 is 0 Å². The monoisotopic (exact) mass is 756 g/mol. The second kappa shape index (κ2) is 11.6. The number of phenols is 2. The number of anilines is 1. The van der Waals surface area contributed by atoms with Gasteiger partial charge in [-0.05, 0) is 101 Å². The number of allylic oxidation sites excluding steroid dienone is 2. The highest BCUT2D eigenvalue weighted by Gasteiger charge is 2.76. The van der Waals surface area contributed by atoms with Crippen molar-refractivity contribution in [3.8, 4) is 17.2 Å². The molecule has 4 amide bonds. The molecule has 3 aromatic carbocycles. The number of aromatic hydroxyl groups is 2. The number of halogens is 4. The van der Waals surface area contributed by atoms with Crippen molar-refractivity contribution in [2.24, 2.45) is 17.8 Å². The van der Waals surface area contributed by atoms with Crippen LogP contribution in [0.25, 0.3) is 0 Å². The number of ether oxygens (including phenoxy) is 1. The van der Waals surface area contributed by atoms with Gasteiger partial charge < -0.3 is 14.9 Å². The topological polar surface area (TPSA) is 124 Å². The Balaban J connectivity index is 1.34. The molecule has 48 heavy (non-hydrogen) atoms. The number of hydrogen-bond donors (Lipinski definition) is 2. The molecule has 0 unspecified atom stereocenters. The lowest BCUT2D eigenvalue weighted by Gasteiger charge is -2.50. The van der Waals surface area contributed by atoms with E-state index in [0.29, 0.717) is 17.6 Å². The van der Waals surface area contributed by atoms with E-state index in [1.165, 1.54) is 42.3 Å². The van der Waals surface area contributed by atoms with Gasteiger partial charge in [0, 0.05) is 12.5 Å². The highest BCUT2D eigenvalue weighted by molar-refractivity contribution is 9.10. The summed E-state index contributed by atoms with van der Waals surface area (Å²) in [5.41, 5.74) is 1.86. The zero-order chi connectivity index (χ0) is 34.3. The summed E-state index contributed by atoms with van der Waals surface area (Å²) in [6.07, 6.45) is 2.16. The van der Waals surface area contributed by atoms with Crippen molar-refractivity contribution in [2.75, 3.05) is 18.6 Å². The second-order valence-corrected chi connectivity index (χ2v) is 14.6. The zero-order valence-corrected chi connectivity index (χ0v) is 28.4. The Kier molecular flexibility index (Phi) is 7.88. The number of phenolic OH excluding ortho intramolecular Hbond substituents is 2. The van der Waals surface area contributed by atoms with E-state index in [0.717, 1.165) is 22.6 Å². The van der Waals surface area contributed by atoms with Crippen LogP contribution in [0, 0.1) is 23.6 Å². The van der Waals surface area contributed by atoms with E-state index in [9.17, 15) is 33.8 Å². The molecular weight excluding hydrogens is 730 g/mol. The SMILES string of the molecule is COc1cc([C@H]2C3=CC[C@@H]4C(=O)N(CCc5ccc(O)cc5)C(=O)[C@@H]4[C@@H]3C[C@@]3(Cl)C(=O)N(c4ccc(F)cc4)C(=O)[C@@]23Cl)cc(Br)c1O.